The molecule has 3 aliphatic carbocycles. The van der Waals surface area contributed by atoms with Crippen molar-refractivity contribution in [2.75, 3.05) is 9.80 Å². The fourth-order valence-corrected chi connectivity index (χ4v) is 16.4. The number of nitrogens with zero attached hydrogens (tertiary/aromatic N) is 2. The molecule has 0 N–H and O–H groups in total. The van der Waals surface area contributed by atoms with Crippen LogP contribution in [-0.2, 0) is 13.5 Å². The van der Waals surface area contributed by atoms with Crippen LogP contribution in [0.25, 0.3) is 0 Å². The first-order chi connectivity index (χ1) is 25.1. The van der Waals surface area contributed by atoms with Gasteiger partial charge in [0.1, 0.15) is 5.82 Å². The van der Waals surface area contributed by atoms with Crippen LogP contribution in [0, 0.1) is 41.5 Å². The van der Waals surface area contributed by atoms with E-state index in [4.69, 9.17) is 19.4 Å². The van der Waals surface area contributed by atoms with Crippen LogP contribution >= 0.6 is 27.3 Å². The van der Waals surface area contributed by atoms with Gasteiger partial charge in [0.25, 0.3) is 0 Å². The van der Waals surface area contributed by atoms with Crippen LogP contribution in [0.2, 0.25) is 0 Å². The van der Waals surface area contributed by atoms with E-state index in [1.165, 1.54) is 140 Å². The second-order valence-corrected chi connectivity index (χ2v) is 24.6. The summed E-state index contributed by atoms with van der Waals surface area (Å²) in [6.07, 6.45) is 25.0. The average molecular weight is 845 g/mol. The SMILES string of the molecule is Cc1cc(C)c(N2C=CN(c3c(C)cc(C)cc3C)C2=C2CCCCC2P(C2CCCCC2)C2CCCCC2)c(C)c1.[Cl][Ru]([Cl])=[CH]c1ccccc1. The Hall–Kier alpha value is -1.76. The first-order valence-corrected chi connectivity index (χ1v) is 27.0. The molecule has 1 heterocycles. The van der Waals surface area contributed by atoms with Crippen LogP contribution < -0.4 is 9.80 Å². The van der Waals surface area contributed by atoms with Crippen LogP contribution in [-0.4, -0.2) is 21.6 Å². The molecule has 3 saturated carbocycles. The summed E-state index contributed by atoms with van der Waals surface area (Å²) in [6.45, 7) is 13.8. The Labute approximate surface area is 330 Å². The Morgan fingerprint density at radius 2 is 1.04 bits per heavy atom. The summed E-state index contributed by atoms with van der Waals surface area (Å²) < 4.78 is 1.92. The van der Waals surface area contributed by atoms with E-state index >= 15 is 0 Å². The van der Waals surface area contributed by atoms with Gasteiger partial charge in [-0.3, -0.25) is 0 Å². The molecule has 7 rings (SSSR count). The van der Waals surface area contributed by atoms with Gasteiger partial charge in [0, 0.05) is 18.1 Å². The third kappa shape index (κ3) is 9.54. The molecule has 0 spiro atoms. The van der Waals surface area contributed by atoms with Crippen molar-refractivity contribution in [3.05, 3.63) is 117 Å². The van der Waals surface area contributed by atoms with Gasteiger partial charge in [-0.05, 0) is 126 Å². The minimum absolute atomic E-state index is 0.0264. The van der Waals surface area contributed by atoms with Crippen LogP contribution in [0.4, 0.5) is 11.4 Å². The van der Waals surface area contributed by atoms with Crippen molar-refractivity contribution in [3.8, 4) is 0 Å². The zero-order chi connectivity index (χ0) is 36.8. The molecule has 0 saturated heterocycles. The Morgan fingerprint density at radius 1 is 0.596 bits per heavy atom. The normalized spacial score (nSPS) is 20.3. The van der Waals surface area contributed by atoms with Gasteiger partial charge in [-0.1, -0.05) is 88.3 Å². The number of hydrogen-bond acceptors (Lipinski definition) is 2. The molecule has 1 unspecified atom stereocenters. The van der Waals surface area contributed by atoms with E-state index < -0.39 is 13.5 Å². The summed E-state index contributed by atoms with van der Waals surface area (Å²) >= 11 is -1.61. The molecule has 0 amide bonds. The zero-order valence-corrected chi connectivity index (χ0v) is 36.7. The van der Waals surface area contributed by atoms with Crippen molar-refractivity contribution < 1.29 is 13.5 Å². The zero-order valence-electron chi connectivity index (χ0n) is 32.5. The number of rotatable bonds is 6. The molecule has 0 bridgehead atoms. The van der Waals surface area contributed by atoms with Gasteiger partial charge in [-0.25, -0.2) is 0 Å². The van der Waals surface area contributed by atoms with Gasteiger partial charge in [0.2, 0.25) is 0 Å². The Kier molecular flexibility index (Phi) is 14.4. The predicted octanol–water partition coefficient (Wildman–Crippen LogP) is 14.4. The molecule has 6 heteroatoms. The van der Waals surface area contributed by atoms with Crippen LogP contribution in [0.1, 0.15) is 129 Å². The Bertz CT molecular complexity index is 1630. The molecule has 3 aromatic rings. The first-order valence-electron chi connectivity index (χ1n) is 19.9. The van der Waals surface area contributed by atoms with E-state index in [-0.39, 0.29) is 7.92 Å². The molecule has 1 atom stereocenters. The molecule has 4 aliphatic rings. The van der Waals surface area contributed by atoms with Gasteiger partial charge in [-0.15, -0.1) is 0 Å². The summed E-state index contributed by atoms with van der Waals surface area (Å²) in [7, 11) is 11.3. The molecule has 282 valence electrons. The fraction of sp³-hybridized carbons (Fsp3) is 0.500. The van der Waals surface area contributed by atoms with E-state index in [0.29, 0.717) is 0 Å². The minimum atomic E-state index is -1.61. The second kappa shape index (κ2) is 18.7. The van der Waals surface area contributed by atoms with E-state index in [0.717, 1.165) is 22.5 Å². The molecule has 0 aromatic heterocycles. The van der Waals surface area contributed by atoms with Gasteiger partial charge in [0.05, 0.1) is 11.4 Å². The average Bonchev–Trinajstić information content (AvgIpc) is 3.52. The molecule has 2 nitrogen and oxygen atoms in total. The van der Waals surface area contributed by atoms with Crippen molar-refractivity contribution in [1.29, 1.82) is 0 Å². The molecular formula is C46H61Cl2N2PRu. The van der Waals surface area contributed by atoms with E-state index in [9.17, 15) is 0 Å². The fourth-order valence-electron chi connectivity index (χ4n) is 9.93. The number of allylic oxidation sites excluding steroid dienone is 1. The molecule has 52 heavy (non-hydrogen) atoms. The molecule has 1 aliphatic heterocycles. The number of hydrogen-bond donors (Lipinski definition) is 0. The van der Waals surface area contributed by atoms with Gasteiger partial charge < -0.3 is 9.80 Å². The van der Waals surface area contributed by atoms with Crippen LogP contribution in [0.5, 0.6) is 0 Å². The summed E-state index contributed by atoms with van der Waals surface area (Å²) in [4.78, 5) is 5.26. The topological polar surface area (TPSA) is 6.48 Å². The van der Waals surface area contributed by atoms with Gasteiger partial charge in [-0.2, -0.15) is 0 Å². The molecule has 0 radical (unpaired) electrons. The monoisotopic (exact) mass is 844 g/mol. The quantitative estimate of drug-likeness (QED) is 0.180. The van der Waals surface area contributed by atoms with Crippen molar-refractivity contribution in [1.82, 2.24) is 0 Å². The number of benzene rings is 3. The summed E-state index contributed by atoms with van der Waals surface area (Å²) in [5.74, 6) is 1.49. The summed E-state index contributed by atoms with van der Waals surface area (Å²) in [5.41, 5.74) is 16.7. The van der Waals surface area contributed by atoms with E-state index in [2.05, 4.69) is 88.0 Å². The van der Waals surface area contributed by atoms with Crippen molar-refractivity contribution in [2.24, 2.45) is 0 Å². The Balaban J connectivity index is 0.000000402. The number of anilines is 2. The maximum absolute atomic E-state index is 5.67. The summed E-state index contributed by atoms with van der Waals surface area (Å²) in [6, 6.07) is 19.4. The van der Waals surface area contributed by atoms with Crippen molar-refractivity contribution in [3.63, 3.8) is 0 Å². The first kappa shape index (κ1) is 39.9. The third-order valence-electron chi connectivity index (χ3n) is 11.8. The van der Waals surface area contributed by atoms with Crippen LogP contribution in [0.3, 0.4) is 0 Å². The maximum atomic E-state index is 5.67. The van der Waals surface area contributed by atoms with Gasteiger partial charge >= 0.3 is 73.4 Å². The molecule has 3 fully saturated rings. The van der Waals surface area contributed by atoms with Crippen molar-refractivity contribution in [2.45, 2.75) is 148 Å². The molecular weight excluding hydrogens is 783 g/mol. The van der Waals surface area contributed by atoms with Crippen molar-refractivity contribution >= 4 is 43.3 Å². The van der Waals surface area contributed by atoms with Crippen LogP contribution in [0.15, 0.2) is 78.4 Å². The van der Waals surface area contributed by atoms with E-state index in [1.54, 1.807) is 5.57 Å². The van der Waals surface area contributed by atoms with E-state index in [1.807, 2.05) is 34.9 Å². The van der Waals surface area contributed by atoms with Gasteiger partial charge in [0.15, 0.2) is 0 Å². The number of aryl methyl sites for hydroxylation is 6. The predicted molar refractivity (Wildman–Crippen MR) is 229 cm³/mol. The molecule has 3 aromatic carbocycles. The third-order valence-corrected chi connectivity index (χ3v) is 17.7. The summed E-state index contributed by atoms with van der Waals surface area (Å²) in [5, 5.41) is 0. The standard InChI is InChI=1S/C39H55N2P.C7H6.2ClH.Ru/c1-27-23-29(3)37(30(4)24-27)40-21-22-41(38-31(5)25-28(2)26-32(38)6)39(40)35-19-13-14-20-36(35)42(33-15-9-7-10-16-33)34-17-11-8-12-18-34;1-7-5-3-2-4-6-7;;;/h21-26,33-34,36H,7-20H2,1-6H3;1-6H;2*1H;/q;;;;+2/p-2. The number of halogens is 2. The Morgan fingerprint density at radius 3 is 1.48 bits per heavy atom. The second-order valence-electron chi connectivity index (χ2n) is 15.9.